The van der Waals surface area contributed by atoms with Gasteiger partial charge in [-0.15, -0.1) is 0 Å². The molecule has 1 rings (SSSR count). The quantitative estimate of drug-likeness (QED) is 0.317. The standard InChI is InChI=1S/C14H21N3O8/c15-7(3-4-10(18)19)13(23)17-5-1-2-9(17)12(22)16-8(14(24)25)6-11(20)21/h7-9H,1-6,15H2,(H,16,22)(H,18,19)(H,20,21)(H,24,25)/t7-,8-,9-/m0/s1. The monoisotopic (exact) mass is 359 g/mol. The summed E-state index contributed by atoms with van der Waals surface area (Å²) in [5, 5.41) is 28.4. The molecule has 0 aromatic heterocycles. The molecule has 0 unspecified atom stereocenters. The Morgan fingerprint density at radius 1 is 1.12 bits per heavy atom. The highest BCUT2D eigenvalue weighted by Gasteiger charge is 2.37. The molecule has 11 nitrogen and oxygen atoms in total. The zero-order valence-corrected chi connectivity index (χ0v) is 13.4. The maximum Gasteiger partial charge on any atom is 0.326 e. The molecule has 0 radical (unpaired) electrons. The molecule has 0 bridgehead atoms. The summed E-state index contributed by atoms with van der Waals surface area (Å²) in [6.07, 6.45) is -0.401. The molecule has 0 aliphatic carbocycles. The highest BCUT2D eigenvalue weighted by atomic mass is 16.4. The van der Waals surface area contributed by atoms with Crippen LogP contribution in [0.15, 0.2) is 0 Å². The Balaban J connectivity index is 2.73. The van der Waals surface area contributed by atoms with E-state index < -0.39 is 54.3 Å². The van der Waals surface area contributed by atoms with E-state index in [2.05, 4.69) is 5.32 Å². The average Bonchev–Trinajstić information content (AvgIpc) is 3.00. The van der Waals surface area contributed by atoms with Gasteiger partial charge in [-0.05, 0) is 19.3 Å². The Morgan fingerprint density at radius 3 is 2.28 bits per heavy atom. The Kier molecular flexibility index (Phi) is 7.30. The first-order valence-electron chi connectivity index (χ1n) is 7.66. The van der Waals surface area contributed by atoms with Crippen LogP contribution in [0.3, 0.4) is 0 Å². The number of amides is 2. The number of likely N-dealkylation sites (tertiary alicyclic amines) is 1. The van der Waals surface area contributed by atoms with Crippen LogP contribution in [0.2, 0.25) is 0 Å². The van der Waals surface area contributed by atoms with Crippen LogP contribution in [0.4, 0.5) is 0 Å². The predicted octanol–water partition coefficient (Wildman–Crippen LogP) is -1.79. The van der Waals surface area contributed by atoms with Gasteiger partial charge in [-0.3, -0.25) is 19.2 Å². The molecule has 0 aromatic rings. The molecule has 0 spiro atoms. The summed E-state index contributed by atoms with van der Waals surface area (Å²) in [6, 6.07) is -3.65. The molecule has 1 saturated heterocycles. The van der Waals surface area contributed by atoms with Gasteiger partial charge in [0.05, 0.1) is 12.5 Å². The van der Waals surface area contributed by atoms with Gasteiger partial charge in [0.1, 0.15) is 12.1 Å². The number of hydrogen-bond donors (Lipinski definition) is 5. The zero-order chi connectivity index (χ0) is 19.1. The Labute approximate surface area is 142 Å². The summed E-state index contributed by atoms with van der Waals surface area (Å²) < 4.78 is 0. The van der Waals surface area contributed by atoms with Crippen molar-refractivity contribution in [3.05, 3.63) is 0 Å². The minimum Gasteiger partial charge on any atom is -0.481 e. The number of nitrogens with zero attached hydrogens (tertiary/aromatic N) is 1. The van der Waals surface area contributed by atoms with Crippen LogP contribution in [-0.4, -0.2) is 74.6 Å². The van der Waals surface area contributed by atoms with Crippen molar-refractivity contribution in [1.29, 1.82) is 0 Å². The Morgan fingerprint density at radius 2 is 1.76 bits per heavy atom. The van der Waals surface area contributed by atoms with E-state index in [1.807, 2.05) is 0 Å². The summed E-state index contributed by atoms with van der Waals surface area (Å²) in [6.45, 7) is 0.231. The van der Waals surface area contributed by atoms with Crippen LogP contribution in [0.1, 0.15) is 32.1 Å². The molecule has 2 amide bonds. The molecule has 0 aromatic carbocycles. The molecule has 1 heterocycles. The zero-order valence-electron chi connectivity index (χ0n) is 13.4. The fourth-order valence-electron chi connectivity index (χ4n) is 2.56. The van der Waals surface area contributed by atoms with Crippen molar-refractivity contribution in [3.63, 3.8) is 0 Å². The van der Waals surface area contributed by atoms with Crippen molar-refractivity contribution < 1.29 is 39.3 Å². The lowest BCUT2D eigenvalue weighted by atomic mass is 10.1. The van der Waals surface area contributed by atoms with Crippen molar-refractivity contribution in [2.75, 3.05) is 6.54 Å². The maximum atomic E-state index is 12.3. The van der Waals surface area contributed by atoms with E-state index in [1.165, 1.54) is 4.90 Å². The van der Waals surface area contributed by atoms with Gasteiger partial charge in [0.25, 0.3) is 0 Å². The molecule has 0 saturated carbocycles. The van der Waals surface area contributed by atoms with Crippen LogP contribution in [0.25, 0.3) is 0 Å². The van der Waals surface area contributed by atoms with Gasteiger partial charge in [0.15, 0.2) is 0 Å². The number of carboxylic acid groups (broad SMARTS) is 3. The van der Waals surface area contributed by atoms with E-state index in [9.17, 15) is 24.0 Å². The fourth-order valence-corrected chi connectivity index (χ4v) is 2.56. The third kappa shape index (κ3) is 6.03. The van der Waals surface area contributed by atoms with Gasteiger partial charge in [0.2, 0.25) is 11.8 Å². The molecule has 3 atom stereocenters. The number of hydrogen-bond acceptors (Lipinski definition) is 6. The van der Waals surface area contributed by atoms with Gasteiger partial charge in [-0.2, -0.15) is 0 Å². The molecule has 1 aliphatic rings. The number of nitrogens with two attached hydrogens (primary N) is 1. The lowest BCUT2D eigenvalue weighted by Crippen LogP contribution is -2.54. The maximum absolute atomic E-state index is 12.3. The largest absolute Gasteiger partial charge is 0.481 e. The SMILES string of the molecule is N[C@@H](CCC(=O)O)C(=O)N1CCC[C@H]1C(=O)N[C@@H](CC(=O)O)C(=O)O. The second kappa shape index (κ2) is 8.97. The van der Waals surface area contributed by atoms with Crippen molar-refractivity contribution >= 4 is 29.7 Å². The second-order valence-electron chi connectivity index (χ2n) is 5.73. The summed E-state index contributed by atoms with van der Waals surface area (Å²) in [7, 11) is 0. The van der Waals surface area contributed by atoms with E-state index in [-0.39, 0.29) is 25.8 Å². The van der Waals surface area contributed by atoms with Crippen molar-refractivity contribution in [2.24, 2.45) is 5.73 Å². The normalized spacial score (nSPS) is 19.1. The third-order valence-corrected chi connectivity index (χ3v) is 3.82. The molecule has 140 valence electrons. The molecular weight excluding hydrogens is 338 g/mol. The van der Waals surface area contributed by atoms with Gasteiger partial charge < -0.3 is 31.3 Å². The summed E-state index contributed by atoms with van der Waals surface area (Å²) >= 11 is 0. The van der Waals surface area contributed by atoms with Crippen LogP contribution in [0.5, 0.6) is 0 Å². The number of rotatable bonds is 9. The highest BCUT2D eigenvalue weighted by Crippen LogP contribution is 2.19. The van der Waals surface area contributed by atoms with Crippen LogP contribution in [-0.2, 0) is 24.0 Å². The van der Waals surface area contributed by atoms with Gasteiger partial charge in [-0.25, -0.2) is 4.79 Å². The van der Waals surface area contributed by atoms with Crippen molar-refractivity contribution in [1.82, 2.24) is 10.2 Å². The molecule has 1 aliphatic heterocycles. The molecular formula is C14H21N3O8. The number of carbonyl (C=O) groups excluding carboxylic acids is 2. The second-order valence-corrected chi connectivity index (χ2v) is 5.73. The van der Waals surface area contributed by atoms with Crippen LogP contribution >= 0.6 is 0 Å². The minimum absolute atomic E-state index is 0.0875. The van der Waals surface area contributed by atoms with E-state index >= 15 is 0 Å². The third-order valence-electron chi connectivity index (χ3n) is 3.82. The van der Waals surface area contributed by atoms with Gasteiger partial charge in [0, 0.05) is 13.0 Å². The minimum atomic E-state index is -1.61. The Hall–Kier alpha value is -2.69. The van der Waals surface area contributed by atoms with Crippen LogP contribution < -0.4 is 11.1 Å². The smallest absolute Gasteiger partial charge is 0.326 e. The first-order valence-corrected chi connectivity index (χ1v) is 7.66. The fraction of sp³-hybridized carbons (Fsp3) is 0.643. The van der Waals surface area contributed by atoms with E-state index in [1.54, 1.807) is 0 Å². The number of carbonyl (C=O) groups is 5. The first kappa shape index (κ1) is 20.4. The lowest BCUT2D eigenvalue weighted by molar-refractivity contribution is -0.148. The van der Waals surface area contributed by atoms with Crippen molar-refractivity contribution in [3.8, 4) is 0 Å². The number of aliphatic carboxylic acids is 3. The summed E-state index contributed by atoms with van der Waals surface area (Å²) in [5.74, 6) is -5.35. The van der Waals surface area contributed by atoms with Crippen molar-refractivity contribution in [2.45, 2.75) is 50.2 Å². The first-order chi connectivity index (χ1) is 11.6. The summed E-state index contributed by atoms with van der Waals surface area (Å²) in [4.78, 5) is 57.9. The number of carboxylic acids is 3. The van der Waals surface area contributed by atoms with E-state index in [0.717, 1.165) is 0 Å². The molecule has 1 fully saturated rings. The Bertz CT molecular complexity index is 564. The van der Waals surface area contributed by atoms with Gasteiger partial charge in [-0.1, -0.05) is 0 Å². The predicted molar refractivity (Wildman–Crippen MR) is 81.4 cm³/mol. The van der Waals surface area contributed by atoms with Gasteiger partial charge >= 0.3 is 17.9 Å². The lowest BCUT2D eigenvalue weighted by Gasteiger charge is -2.27. The average molecular weight is 359 g/mol. The molecule has 11 heteroatoms. The van der Waals surface area contributed by atoms with E-state index in [4.69, 9.17) is 21.1 Å². The molecule has 6 N–H and O–H groups in total. The highest BCUT2D eigenvalue weighted by molar-refractivity contribution is 5.93. The van der Waals surface area contributed by atoms with Crippen LogP contribution in [0, 0.1) is 0 Å². The summed E-state index contributed by atoms with van der Waals surface area (Å²) in [5.41, 5.74) is 5.67. The molecule has 25 heavy (non-hydrogen) atoms. The van der Waals surface area contributed by atoms with E-state index in [0.29, 0.717) is 6.42 Å². The number of nitrogens with one attached hydrogen (secondary N) is 1. The topological polar surface area (TPSA) is 187 Å².